The summed E-state index contributed by atoms with van der Waals surface area (Å²) in [4.78, 5) is 43.6. The summed E-state index contributed by atoms with van der Waals surface area (Å²) in [5.74, 6) is -2.38. The molecule has 3 aliphatic rings. The number of ether oxygens (including phenoxy) is 2. The maximum atomic E-state index is 13.9. The van der Waals surface area contributed by atoms with Crippen molar-refractivity contribution in [2.24, 2.45) is 11.8 Å². The Morgan fingerprint density at radius 2 is 2.16 bits per heavy atom. The summed E-state index contributed by atoms with van der Waals surface area (Å²) in [7, 11) is 0. The molecule has 6 atom stereocenters. The molecular formula is C23H36N2O6. The fourth-order valence-electron chi connectivity index (χ4n) is 5.65. The second kappa shape index (κ2) is 9.69. The Hall–Kier alpha value is -1.93. The predicted octanol–water partition coefficient (Wildman–Crippen LogP) is 1.51. The zero-order chi connectivity index (χ0) is 22.8. The van der Waals surface area contributed by atoms with Crippen molar-refractivity contribution in [2.45, 2.75) is 76.7 Å². The largest absolute Gasteiger partial charge is 0.466 e. The number of likely N-dealkylation sites (tertiary alicyclic amines) is 1. The fraction of sp³-hybridized carbons (Fsp3) is 0.783. The average molecular weight is 437 g/mol. The molecule has 3 heterocycles. The number of esters is 1. The van der Waals surface area contributed by atoms with Crippen LogP contribution in [-0.2, 0) is 23.9 Å². The number of nitrogens with zero attached hydrogens (tertiary/aromatic N) is 2. The normalized spacial score (nSPS) is 32.1. The molecule has 0 aromatic rings. The van der Waals surface area contributed by atoms with Crippen LogP contribution in [0.25, 0.3) is 0 Å². The van der Waals surface area contributed by atoms with Gasteiger partial charge in [-0.05, 0) is 32.6 Å². The maximum Gasteiger partial charge on any atom is 0.312 e. The quantitative estimate of drug-likeness (QED) is 0.390. The average Bonchev–Trinajstić information content (AvgIpc) is 3.40. The highest BCUT2D eigenvalue weighted by Gasteiger charge is 2.75. The van der Waals surface area contributed by atoms with Gasteiger partial charge in [0, 0.05) is 13.1 Å². The van der Waals surface area contributed by atoms with Crippen molar-refractivity contribution >= 4 is 17.8 Å². The van der Waals surface area contributed by atoms with Gasteiger partial charge in [-0.2, -0.15) is 0 Å². The van der Waals surface area contributed by atoms with Crippen LogP contribution in [0, 0.1) is 11.8 Å². The molecule has 8 nitrogen and oxygen atoms in total. The van der Waals surface area contributed by atoms with E-state index in [2.05, 4.69) is 13.5 Å². The van der Waals surface area contributed by atoms with E-state index >= 15 is 0 Å². The lowest BCUT2D eigenvalue weighted by Gasteiger charge is -2.39. The summed E-state index contributed by atoms with van der Waals surface area (Å²) < 4.78 is 11.6. The monoisotopic (exact) mass is 436 g/mol. The van der Waals surface area contributed by atoms with E-state index in [-0.39, 0.29) is 25.0 Å². The van der Waals surface area contributed by atoms with Crippen molar-refractivity contribution in [3.8, 4) is 0 Å². The minimum absolute atomic E-state index is 0.193. The number of hydrogen-bond donors (Lipinski definition) is 1. The molecule has 1 spiro atoms. The second-order valence-corrected chi connectivity index (χ2v) is 8.72. The molecule has 3 rings (SSSR count). The molecule has 0 aromatic heterocycles. The number of carbonyl (C=O) groups excluding carboxylic acids is 3. The molecule has 31 heavy (non-hydrogen) atoms. The Labute approximate surface area is 184 Å². The third-order valence-corrected chi connectivity index (χ3v) is 7.05. The number of aliphatic hydroxyl groups is 1. The zero-order valence-electron chi connectivity index (χ0n) is 18.9. The summed E-state index contributed by atoms with van der Waals surface area (Å²) in [6.07, 6.45) is 4.68. The van der Waals surface area contributed by atoms with E-state index in [1.165, 1.54) is 4.90 Å². The Morgan fingerprint density at radius 1 is 1.42 bits per heavy atom. The van der Waals surface area contributed by atoms with E-state index in [1.807, 2.05) is 6.92 Å². The first-order valence-corrected chi connectivity index (χ1v) is 11.6. The molecule has 2 unspecified atom stereocenters. The van der Waals surface area contributed by atoms with E-state index in [4.69, 9.17) is 9.47 Å². The van der Waals surface area contributed by atoms with Gasteiger partial charge in [-0.1, -0.05) is 26.3 Å². The SMILES string of the molecule is C=CCN(CCCC)C(=O)C1N([C@@H](CC)CO)C(=O)[C@@H]2[C@H](C(=O)OCC)[C@@H]3CCC12O3. The highest BCUT2D eigenvalue weighted by molar-refractivity contribution is 5.98. The number of rotatable bonds is 11. The lowest BCUT2D eigenvalue weighted by Crippen LogP contribution is -2.58. The van der Waals surface area contributed by atoms with Gasteiger partial charge < -0.3 is 24.4 Å². The first kappa shape index (κ1) is 23.7. The Morgan fingerprint density at radius 3 is 2.74 bits per heavy atom. The third-order valence-electron chi connectivity index (χ3n) is 7.05. The zero-order valence-corrected chi connectivity index (χ0v) is 18.9. The Kier molecular flexibility index (Phi) is 7.42. The van der Waals surface area contributed by atoms with Gasteiger partial charge in [0.15, 0.2) is 0 Å². The van der Waals surface area contributed by atoms with E-state index in [1.54, 1.807) is 17.9 Å². The molecule has 2 bridgehead atoms. The highest BCUT2D eigenvalue weighted by Crippen LogP contribution is 2.59. The van der Waals surface area contributed by atoms with Gasteiger partial charge in [-0.3, -0.25) is 14.4 Å². The van der Waals surface area contributed by atoms with Crippen molar-refractivity contribution in [1.82, 2.24) is 9.80 Å². The molecule has 8 heteroatoms. The van der Waals surface area contributed by atoms with Gasteiger partial charge in [-0.25, -0.2) is 0 Å². The summed E-state index contributed by atoms with van der Waals surface area (Å²) in [5.41, 5.74) is -1.05. The molecular weight excluding hydrogens is 400 g/mol. The molecule has 0 aromatic carbocycles. The first-order chi connectivity index (χ1) is 14.9. The lowest BCUT2D eigenvalue weighted by atomic mass is 9.70. The minimum Gasteiger partial charge on any atom is -0.466 e. The number of carbonyl (C=O) groups is 3. The van der Waals surface area contributed by atoms with Crippen LogP contribution in [0.4, 0.5) is 0 Å². The molecule has 174 valence electrons. The first-order valence-electron chi connectivity index (χ1n) is 11.6. The molecule has 3 saturated heterocycles. The molecule has 2 amide bonds. The molecule has 0 saturated carbocycles. The van der Waals surface area contributed by atoms with Gasteiger partial charge >= 0.3 is 5.97 Å². The van der Waals surface area contributed by atoms with E-state index in [0.29, 0.717) is 32.4 Å². The van der Waals surface area contributed by atoms with Crippen LogP contribution in [-0.4, -0.2) is 82.8 Å². The van der Waals surface area contributed by atoms with Gasteiger partial charge in [0.25, 0.3) is 0 Å². The predicted molar refractivity (Wildman–Crippen MR) is 114 cm³/mol. The van der Waals surface area contributed by atoms with Crippen molar-refractivity contribution in [2.75, 3.05) is 26.3 Å². The van der Waals surface area contributed by atoms with E-state index < -0.39 is 41.6 Å². The van der Waals surface area contributed by atoms with Crippen molar-refractivity contribution in [3.05, 3.63) is 12.7 Å². The summed E-state index contributed by atoms with van der Waals surface area (Å²) >= 11 is 0. The Bertz CT molecular complexity index is 708. The van der Waals surface area contributed by atoms with E-state index in [0.717, 1.165) is 12.8 Å². The van der Waals surface area contributed by atoms with Crippen LogP contribution in [0.2, 0.25) is 0 Å². The fourth-order valence-corrected chi connectivity index (χ4v) is 5.65. The lowest BCUT2D eigenvalue weighted by molar-refractivity contribution is -0.156. The van der Waals surface area contributed by atoms with Crippen molar-refractivity contribution < 1.29 is 29.0 Å². The molecule has 3 fully saturated rings. The van der Waals surface area contributed by atoms with Gasteiger partial charge in [0.2, 0.25) is 11.8 Å². The van der Waals surface area contributed by atoms with Crippen LogP contribution >= 0.6 is 0 Å². The maximum absolute atomic E-state index is 13.9. The second-order valence-electron chi connectivity index (χ2n) is 8.72. The topological polar surface area (TPSA) is 96.4 Å². The Balaban J connectivity index is 2.04. The number of amides is 2. The van der Waals surface area contributed by atoms with Gasteiger partial charge in [-0.15, -0.1) is 6.58 Å². The van der Waals surface area contributed by atoms with Crippen LogP contribution in [0.1, 0.15) is 52.9 Å². The minimum atomic E-state index is -1.05. The standard InChI is InChI=1S/C23H36N2O6/c1-5-9-13-24(12-6-2)21(28)19-23-11-10-16(31-23)17(22(29)30-8-4)18(23)20(27)25(19)15(7-3)14-26/h6,15-19,26H,2,5,7-14H2,1,3-4H3/t15-,16-,17+,18-,19?,23?/m0/s1. The summed E-state index contributed by atoms with van der Waals surface area (Å²) in [6, 6.07) is -1.37. The van der Waals surface area contributed by atoms with Gasteiger partial charge in [0.05, 0.1) is 37.2 Å². The number of fused-ring (bicyclic) bond motifs is 1. The van der Waals surface area contributed by atoms with E-state index in [9.17, 15) is 19.5 Å². The molecule has 0 aliphatic carbocycles. The molecule has 1 N–H and O–H groups in total. The van der Waals surface area contributed by atoms with Gasteiger partial charge in [0.1, 0.15) is 11.6 Å². The van der Waals surface area contributed by atoms with Crippen LogP contribution in [0.3, 0.4) is 0 Å². The molecule has 0 radical (unpaired) electrons. The third kappa shape index (κ3) is 3.78. The van der Waals surface area contributed by atoms with Crippen LogP contribution < -0.4 is 0 Å². The van der Waals surface area contributed by atoms with Crippen LogP contribution in [0.5, 0.6) is 0 Å². The number of hydrogen-bond acceptors (Lipinski definition) is 6. The number of aliphatic hydroxyl groups excluding tert-OH is 1. The van der Waals surface area contributed by atoms with Crippen molar-refractivity contribution in [1.29, 1.82) is 0 Å². The highest BCUT2D eigenvalue weighted by atomic mass is 16.6. The number of unbranched alkanes of at least 4 members (excludes halogenated alkanes) is 1. The summed E-state index contributed by atoms with van der Waals surface area (Å²) in [6.45, 7) is 10.3. The summed E-state index contributed by atoms with van der Waals surface area (Å²) in [5, 5.41) is 10.0. The van der Waals surface area contributed by atoms with Crippen LogP contribution in [0.15, 0.2) is 12.7 Å². The smallest absolute Gasteiger partial charge is 0.312 e. The van der Waals surface area contributed by atoms with Crippen molar-refractivity contribution in [3.63, 3.8) is 0 Å². The molecule has 3 aliphatic heterocycles.